The van der Waals surface area contributed by atoms with Gasteiger partial charge in [-0.15, -0.1) is 0 Å². The fourth-order valence-corrected chi connectivity index (χ4v) is 0.764. The molecule has 1 aromatic heterocycles. The smallest absolute Gasteiger partial charge is 0.309 e. The van der Waals surface area contributed by atoms with E-state index in [1.54, 1.807) is 12.3 Å². The molecule has 1 rings (SSSR count). The largest absolute Gasteiger partial charge is 0.481 e. The summed E-state index contributed by atoms with van der Waals surface area (Å²) in [4.78, 5) is 10.2. The van der Waals surface area contributed by atoms with Gasteiger partial charge in [0, 0.05) is 0 Å². The Hall–Kier alpha value is -1.45. The highest BCUT2D eigenvalue weighted by Crippen LogP contribution is 1.97. The average Bonchev–Trinajstić information content (AvgIpc) is 1.85. The Bertz CT molecular complexity index is 273. The van der Waals surface area contributed by atoms with Crippen molar-refractivity contribution in [2.24, 2.45) is 0 Å². The van der Waals surface area contributed by atoms with Gasteiger partial charge in [-0.1, -0.05) is 0 Å². The number of carboxylic acid groups (broad SMARTS) is 1. The highest BCUT2D eigenvalue weighted by molar-refractivity contribution is 5.69. The van der Waals surface area contributed by atoms with E-state index in [-0.39, 0.29) is 6.42 Å². The zero-order chi connectivity index (χ0) is 8.27. The molecular weight excluding hydrogens is 144 g/mol. The van der Waals surface area contributed by atoms with Crippen LogP contribution < -0.4 is 0 Å². The maximum atomic E-state index is 10.2. The van der Waals surface area contributed by atoms with Crippen molar-refractivity contribution in [3.8, 4) is 0 Å². The van der Waals surface area contributed by atoms with Crippen molar-refractivity contribution in [3.05, 3.63) is 23.5 Å². The Balaban J connectivity index is 2.79. The molecule has 0 saturated carbocycles. The van der Waals surface area contributed by atoms with Crippen molar-refractivity contribution in [2.45, 2.75) is 13.3 Å². The third-order valence-electron chi connectivity index (χ3n) is 1.17. The maximum absolute atomic E-state index is 10.2. The summed E-state index contributed by atoms with van der Waals surface area (Å²) in [6.45, 7) is 1.85. The number of nitrogens with zero attached hydrogens (tertiary/aromatic N) is 2. The Morgan fingerprint density at radius 3 is 3.00 bits per heavy atom. The second-order valence-electron chi connectivity index (χ2n) is 2.29. The van der Waals surface area contributed by atoms with Crippen LogP contribution >= 0.6 is 0 Å². The van der Waals surface area contributed by atoms with Crippen molar-refractivity contribution >= 4 is 5.97 Å². The predicted molar refractivity (Wildman–Crippen MR) is 38.1 cm³/mol. The number of hydrogen-bond donors (Lipinski definition) is 1. The van der Waals surface area contributed by atoms with E-state index in [0.29, 0.717) is 5.69 Å². The van der Waals surface area contributed by atoms with Crippen molar-refractivity contribution < 1.29 is 9.90 Å². The van der Waals surface area contributed by atoms with Gasteiger partial charge in [0.15, 0.2) is 0 Å². The molecule has 11 heavy (non-hydrogen) atoms. The summed E-state index contributed by atoms with van der Waals surface area (Å²) in [6, 6.07) is 1.71. The quantitative estimate of drug-likeness (QED) is 0.666. The minimum Gasteiger partial charge on any atom is -0.481 e. The lowest BCUT2D eigenvalue weighted by atomic mass is 10.2. The summed E-state index contributed by atoms with van der Waals surface area (Å²) in [5.41, 5.74) is 1.42. The van der Waals surface area contributed by atoms with Crippen molar-refractivity contribution in [2.75, 3.05) is 0 Å². The van der Waals surface area contributed by atoms with E-state index >= 15 is 0 Å². The zero-order valence-corrected chi connectivity index (χ0v) is 6.11. The van der Waals surface area contributed by atoms with Crippen molar-refractivity contribution in [1.29, 1.82) is 0 Å². The monoisotopic (exact) mass is 152 g/mol. The molecule has 0 radical (unpaired) electrons. The van der Waals surface area contributed by atoms with E-state index in [2.05, 4.69) is 10.2 Å². The molecular formula is C7H8N2O2. The summed E-state index contributed by atoms with van der Waals surface area (Å²) in [7, 11) is 0. The van der Waals surface area contributed by atoms with E-state index in [1.807, 2.05) is 6.92 Å². The van der Waals surface area contributed by atoms with E-state index in [4.69, 9.17) is 5.11 Å². The fraction of sp³-hybridized carbons (Fsp3) is 0.286. The first-order valence-corrected chi connectivity index (χ1v) is 3.18. The van der Waals surface area contributed by atoms with Crippen LogP contribution in [0, 0.1) is 6.92 Å². The predicted octanol–water partition coefficient (Wildman–Crippen LogP) is 0.412. The number of aliphatic carboxylic acids is 1. The SMILES string of the molecule is Cc1cnnc(CC(=O)O)c1. The molecule has 1 heterocycles. The summed E-state index contributed by atoms with van der Waals surface area (Å²) in [6.07, 6.45) is 1.53. The van der Waals surface area contributed by atoms with Gasteiger partial charge in [-0.3, -0.25) is 4.79 Å². The minimum atomic E-state index is -0.884. The Kier molecular flexibility index (Phi) is 2.15. The number of rotatable bonds is 2. The number of carboxylic acids is 1. The highest BCUT2D eigenvalue weighted by atomic mass is 16.4. The summed E-state index contributed by atoms with van der Waals surface area (Å²) in [5.74, 6) is -0.884. The molecule has 0 fully saturated rings. The van der Waals surface area contributed by atoms with Gasteiger partial charge in [0.2, 0.25) is 0 Å². The number of hydrogen-bond acceptors (Lipinski definition) is 3. The van der Waals surface area contributed by atoms with E-state index in [0.717, 1.165) is 5.56 Å². The Labute approximate surface area is 63.9 Å². The molecule has 58 valence electrons. The van der Waals surface area contributed by atoms with Gasteiger partial charge in [-0.25, -0.2) is 0 Å². The lowest BCUT2D eigenvalue weighted by molar-refractivity contribution is -0.136. The molecule has 0 aliphatic rings. The molecule has 0 spiro atoms. The third kappa shape index (κ3) is 2.33. The molecule has 4 heteroatoms. The van der Waals surface area contributed by atoms with Crippen LogP contribution in [0.3, 0.4) is 0 Å². The van der Waals surface area contributed by atoms with Crippen LogP contribution in [-0.4, -0.2) is 21.3 Å². The molecule has 0 amide bonds. The summed E-state index contributed by atoms with van der Waals surface area (Å²) in [5, 5.41) is 15.7. The fourth-order valence-electron chi connectivity index (χ4n) is 0.764. The second-order valence-corrected chi connectivity index (χ2v) is 2.29. The highest BCUT2D eigenvalue weighted by Gasteiger charge is 2.01. The minimum absolute atomic E-state index is 0.0608. The molecule has 4 nitrogen and oxygen atoms in total. The zero-order valence-electron chi connectivity index (χ0n) is 6.11. The van der Waals surface area contributed by atoms with E-state index in [1.165, 1.54) is 0 Å². The molecule has 0 saturated heterocycles. The molecule has 0 bridgehead atoms. The standard InChI is InChI=1S/C7H8N2O2/c1-5-2-6(3-7(10)11)9-8-4-5/h2,4H,3H2,1H3,(H,10,11). The molecule has 0 unspecified atom stereocenters. The van der Waals surface area contributed by atoms with Gasteiger partial charge >= 0.3 is 5.97 Å². The Morgan fingerprint density at radius 2 is 2.45 bits per heavy atom. The topological polar surface area (TPSA) is 63.1 Å². The van der Waals surface area contributed by atoms with Crippen LogP contribution in [0.15, 0.2) is 12.3 Å². The first-order valence-electron chi connectivity index (χ1n) is 3.18. The van der Waals surface area contributed by atoms with Crippen LogP contribution in [0.5, 0.6) is 0 Å². The molecule has 0 atom stereocenters. The second kappa shape index (κ2) is 3.09. The first-order chi connectivity index (χ1) is 5.18. The lowest BCUT2D eigenvalue weighted by Crippen LogP contribution is -2.03. The third-order valence-corrected chi connectivity index (χ3v) is 1.17. The maximum Gasteiger partial charge on any atom is 0.309 e. The Morgan fingerprint density at radius 1 is 1.73 bits per heavy atom. The van der Waals surface area contributed by atoms with Crippen LogP contribution in [0.2, 0.25) is 0 Å². The van der Waals surface area contributed by atoms with Gasteiger partial charge in [-0.2, -0.15) is 10.2 Å². The molecule has 1 aromatic rings. The normalized spacial score (nSPS) is 9.55. The van der Waals surface area contributed by atoms with Gasteiger partial charge in [0.25, 0.3) is 0 Å². The first kappa shape index (κ1) is 7.65. The van der Waals surface area contributed by atoms with Crippen molar-refractivity contribution in [1.82, 2.24) is 10.2 Å². The van der Waals surface area contributed by atoms with Gasteiger partial charge in [-0.05, 0) is 18.6 Å². The number of aromatic nitrogens is 2. The average molecular weight is 152 g/mol. The molecule has 0 aliphatic carbocycles. The molecule has 0 aliphatic heterocycles. The number of carbonyl (C=O) groups is 1. The summed E-state index contributed by atoms with van der Waals surface area (Å²) < 4.78 is 0. The van der Waals surface area contributed by atoms with Gasteiger partial charge in [0.05, 0.1) is 18.3 Å². The van der Waals surface area contributed by atoms with Crippen LogP contribution in [-0.2, 0) is 11.2 Å². The van der Waals surface area contributed by atoms with Gasteiger partial charge in [0.1, 0.15) is 0 Å². The van der Waals surface area contributed by atoms with Crippen LogP contribution in [0.1, 0.15) is 11.3 Å². The van der Waals surface area contributed by atoms with Gasteiger partial charge < -0.3 is 5.11 Å². The van der Waals surface area contributed by atoms with Crippen LogP contribution in [0.4, 0.5) is 0 Å². The van der Waals surface area contributed by atoms with Crippen molar-refractivity contribution in [3.63, 3.8) is 0 Å². The van der Waals surface area contributed by atoms with E-state index < -0.39 is 5.97 Å². The summed E-state index contributed by atoms with van der Waals surface area (Å²) >= 11 is 0. The van der Waals surface area contributed by atoms with E-state index in [9.17, 15) is 4.79 Å². The lowest BCUT2D eigenvalue weighted by Gasteiger charge is -1.94. The molecule has 0 aromatic carbocycles. The molecule has 1 N–H and O–H groups in total. The number of aryl methyl sites for hydroxylation is 1. The van der Waals surface area contributed by atoms with Crippen LogP contribution in [0.25, 0.3) is 0 Å².